The first kappa shape index (κ1) is 12.0. The number of nitrogens with zero attached hydrogens (tertiary/aromatic N) is 2. The molecule has 0 aliphatic carbocycles. The van der Waals surface area contributed by atoms with E-state index in [9.17, 15) is 4.79 Å². The van der Waals surface area contributed by atoms with Gasteiger partial charge < -0.3 is 5.73 Å². The lowest BCUT2D eigenvalue weighted by Gasteiger charge is -2.03. The molecule has 0 unspecified atom stereocenters. The number of aryl methyl sites for hydroxylation is 1. The minimum absolute atomic E-state index is 0.234. The molecule has 88 valence electrons. The molecule has 0 aliphatic rings. The van der Waals surface area contributed by atoms with Crippen LogP contribution in [-0.4, -0.2) is 16.1 Å². The van der Waals surface area contributed by atoms with Gasteiger partial charge in [0, 0.05) is 15.7 Å². The quantitative estimate of drug-likeness (QED) is 0.835. The highest BCUT2D eigenvalue weighted by Gasteiger charge is 2.10. The van der Waals surface area contributed by atoms with Crippen molar-refractivity contribution < 1.29 is 4.79 Å². The van der Waals surface area contributed by atoms with Crippen molar-refractivity contribution in [2.24, 2.45) is 0 Å². The van der Waals surface area contributed by atoms with Gasteiger partial charge in [-0.3, -0.25) is 10.1 Å². The van der Waals surface area contributed by atoms with Crippen molar-refractivity contribution in [3.05, 3.63) is 33.2 Å². The number of hydrogen-bond acceptors (Lipinski definition) is 5. The fourth-order valence-corrected chi connectivity index (χ4v) is 2.15. The molecule has 7 heteroatoms. The third kappa shape index (κ3) is 2.80. The van der Waals surface area contributed by atoms with Crippen molar-refractivity contribution in [3.8, 4) is 0 Å². The smallest absolute Gasteiger partial charge is 0.257 e. The van der Waals surface area contributed by atoms with Crippen LogP contribution >= 0.6 is 27.3 Å². The van der Waals surface area contributed by atoms with Gasteiger partial charge in [0.1, 0.15) is 5.01 Å². The summed E-state index contributed by atoms with van der Waals surface area (Å²) in [6.45, 7) is 1.83. The summed E-state index contributed by atoms with van der Waals surface area (Å²) in [6.07, 6.45) is 0. The number of nitrogen functional groups attached to an aromatic ring is 1. The molecule has 0 aliphatic heterocycles. The maximum absolute atomic E-state index is 11.9. The molecule has 17 heavy (non-hydrogen) atoms. The second-order valence-electron chi connectivity index (χ2n) is 3.32. The van der Waals surface area contributed by atoms with Crippen LogP contribution in [0.25, 0.3) is 0 Å². The lowest BCUT2D eigenvalue weighted by Crippen LogP contribution is -2.11. The molecule has 2 rings (SSSR count). The van der Waals surface area contributed by atoms with E-state index in [2.05, 4.69) is 31.4 Å². The van der Waals surface area contributed by atoms with Crippen LogP contribution in [0.15, 0.2) is 22.7 Å². The van der Waals surface area contributed by atoms with Gasteiger partial charge in [-0.25, -0.2) is 0 Å². The first-order valence-corrected chi connectivity index (χ1v) is 6.33. The van der Waals surface area contributed by atoms with Crippen LogP contribution in [0.5, 0.6) is 0 Å². The van der Waals surface area contributed by atoms with Gasteiger partial charge >= 0.3 is 0 Å². The van der Waals surface area contributed by atoms with Crippen molar-refractivity contribution in [1.29, 1.82) is 0 Å². The molecule has 0 saturated heterocycles. The Hall–Kier alpha value is -1.47. The lowest BCUT2D eigenvalue weighted by atomic mass is 10.2. The number of anilines is 2. The highest BCUT2D eigenvalue weighted by atomic mass is 79.9. The molecule has 0 spiro atoms. The van der Waals surface area contributed by atoms with E-state index in [0.29, 0.717) is 20.9 Å². The van der Waals surface area contributed by atoms with Crippen molar-refractivity contribution in [2.75, 3.05) is 11.1 Å². The molecule has 0 saturated carbocycles. The van der Waals surface area contributed by atoms with Gasteiger partial charge in [0.2, 0.25) is 5.13 Å². The molecule has 5 nitrogen and oxygen atoms in total. The van der Waals surface area contributed by atoms with Crippen molar-refractivity contribution in [1.82, 2.24) is 10.2 Å². The first-order chi connectivity index (χ1) is 8.06. The van der Waals surface area contributed by atoms with E-state index in [4.69, 9.17) is 5.73 Å². The van der Waals surface area contributed by atoms with Crippen molar-refractivity contribution in [2.45, 2.75) is 6.92 Å². The zero-order valence-corrected chi connectivity index (χ0v) is 11.3. The summed E-state index contributed by atoms with van der Waals surface area (Å²) in [5.74, 6) is -0.234. The number of carbonyl (C=O) groups excluding carboxylic acids is 1. The van der Waals surface area contributed by atoms with Gasteiger partial charge in [-0.2, -0.15) is 0 Å². The summed E-state index contributed by atoms with van der Waals surface area (Å²) in [4.78, 5) is 11.9. The van der Waals surface area contributed by atoms with Crippen LogP contribution in [-0.2, 0) is 0 Å². The second-order valence-corrected chi connectivity index (χ2v) is 5.35. The van der Waals surface area contributed by atoms with Crippen LogP contribution in [0.3, 0.4) is 0 Å². The number of amides is 1. The number of rotatable bonds is 2. The van der Waals surface area contributed by atoms with E-state index < -0.39 is 0 Å². The van der Waals surface area contributed by atoms with Gasteiger partial charge in [-0.05, 0) is 41.1 Å². The molecule has 1 amide bonds. The number of hydrogen-bond donors (Lipinski definition) is 2. The maximum Gasteiger partial charge on any atom is 0.257 e. The average molecular weight is 313 g/mol. The van der Waals surface area contributed by atoms with Crippen LogP contribution in [0, 0.1) is 6.92 Å². The summed E-state index contributed by atoms with van der Waals surface area (Å²) >= 11 is 4.60. The summed E-state index contributed by atoms with van der Waals surface area (Å²) in [6, 6.07) is 4.99. The number of benzene rings is 1. The van der Waals surface area contributed by atoms with Crippen LogP contribution in [0.4, 0.5) is 10.8 Å². The monoisotopic (exact) mass is 312 g/mol. The summed E-state index contributed by atoms with van der Waals surface area (Å²) in [7, 11) is 0. The Morgan fingerprint density at radius 3 is 2.82 bits per heavy atom. The number of halogens is 1. The number of aromatic nitrogens is 2. The molecule has 1 aromatic carbocycles. The molecule has 2 aromatic rings. The maximum atomic E-state index is 11.9. The summed E-state index contributed by atoms with van der Waals surface area (Å²) < 4.78 is 0.693. The third-order valence-corrected chi connectivity index (χ3v) is 3.45. The van der Waals surface area contributed by atoms with Crippen molar-refractivity contribution in [3.63, 3.8) is 0 Å². The van der Waals surface area contributed by atoms with E-state index in [1.54, 1.807) is 18.2 Å². The highest BCUT2D eigenvalue weighted by Crippen LogP contribution is 2.21. The van der Waals surface area contributed by atoms with Crippen LogP contribution < -0.4 is 11.1 Å². The fourth-order valence-electron chi connectivity index (χ4n) is 1.18. The molecule has 3 N–H and O–H groups in total. The number of carbonyl (C=O) groups is 1. The average Bonchev–Trinajstić information content (AvgIpc) is 2.68. The van der Waals surface area contributed by atoms with E-state index in [1.807, 2.05) is 6.92 Å². The van der Waals surface area contributed by atoms with E-state index in [0.717, 1.165) is 5.01 Å². The largest absolute Gasteiger partial charge is 0.398 e. The Kier molecular flexibility index (Phi) is 3.39. The zero-order valence-electron chi connectivity index (χ0n) is 8.90. The standard InChI is InChI=1S/C10H9BrN4OS/c1-5-14-15-10(17-5)13-9(16)6-2-3-8(12)7(11)4-6/h2-4H,12H2,1H3,(H,13,15,16). The van der Waals surface area contributed by atoms with Crippen LogP contribution in [0.2, 0.25) is 0 Å². The van der Waals surface area contributed by atoms with Gasteiger partial charge in [-0.1, -0.05) is 11.3 Å². The van der Waals surface area contributed by atoms with E-state index in [1.165, 1.54) is 11.3 Å². The van der Waals surface area contributed by atoms with E-state index >= 15 is 0 Å². The topological polar surface area (TPSA) is 80.9 Å². The summed E-state index contributed by atoms with van der Waals surface area (Å²) in [5.41, 5.74) is 6.75. The zero-order chi connectivity index (χ0) is 12.4. The molecule has 0 fully saturated rings. The highest BCUT2D eigenvalue weighted by molar-refractivity contribution is 9.10. The molecule has 0 bridgehead atoms. The Balaban J connectivity index is 2.17. The van der Waals surface area contributed by atoms with E-state index in [-0.39, 0.29) is 5.91 Å². The van der Waals surface area contributed by atoms with Gasteiger partial charge in [0.15, 0.2) is 0 Å². The lowest BCUT2D eigenvalue weighted by molar-refractivity contribution is 0.102. The Morgan fingerprint density at radius 1 is 1.47 bits per heavy atom. The predicted molar refractivity (Wildman–Crippen MR) is 71.2 cm³/mol. The number of nitrogens with two attached hydrogens (primary N) is 1. The molecule has 1 aromatic heterocycles. The van der Waals surface area contributed by atoms with Crippen LogP contribution in [0.1, 0.15) is 15.4 Å². The van der Waals surface area contributed by atoms with Gasteiger partial charge in [0.25, 0.3) is 5.91 Å². The molecule has 1 heterocycles. The SMILES string of the molecule is Cc1nnc(NC(=O)c2ccc(N)c(Br)c2)s1. The van der Waals surface area contributed by atoms with Gasteiger partial charge in [-0.15, -0.1) is 10.2 Å². The second kappa shape index (κ2) is 4.80. The van der Waals surface area contributed by atoms with Crippen molar-refractivity contribution >= 4 is 44.0 Å². The Bertz CT molecular complexity index is 569. The molecular weight excluding hydrogens is 304 g/mol. The first-order valence-electron chi connectivity index (χ1n) is 4.73. The minimum atomic E-state index is -0.234. The predicted octanol–water partition coefficient (Wildman–Crippen LogP) is 2.44. The fraction of sp³-hybridized carbons (Fsp3) is 0.100. The minimum Gasteiger partial charge on any atom is -0.398 e. The van der Waals surface area contributed by atoms with Gasteiger partial charge in [0.05, 0.1) is 0 Å². The Morgan fingerprint density at radius 2 is 2.24 bits per heavy atom. The molecule has 0 radical (unpaired) electrons. The third-order valence-electron chi connectivity index (χ3n) is 2.01. The number of nitrogens with one attached hydrogen (secondary N) is 1. The Labute approximate surface area is 110 Å². The molecular formula is C10H9BrN4OS. The normalized spacial score (nSPS) is 10.2. The molecule has 0 atom stereocenters. The summed E-state index contributed by atoms with van der Waals surface area (Å²) in [5, 5.41) is 11.6.